The number of nitrogens with zero attached hydrogens (tertiary/aromatic N) is 1. The first-order valence-electron chi connectivity index (χ1n) is 7.34. The molecule has 9 heteroatoms. The van der Waals surface area contributed by atoms with E-state index in [0.717, 1.165) is 0 Å². The summed E-state index contributed by atoms with van der Waals surface area (Å²) in [6.07, 6.45) is 0.0202. The summed E-state index contributed by atoms with van der Waals surface area (Å²) in [4.78, 5) is 38.8. The summed E-state index contributed by atoms with van der Waals surface area (Å²) < 4.78 is 0. The van der Waals surface area contributed by atoms with Crippen molar-refractivity contribution in [2.45, 2.75) is 20.3 Å². The van der Waals surface area contributed by atoms with Crippen LogP contribution >= 0.6 is 22.9 Å². The molecule has 2 amide bonds. The first kappa shape index (κ1) is 18.9. The third kappa shape index (κ3) is 5.27. The third-order valence-electron chi connectivity index (χ3n) is 3.13. The maximum absolute atomic E-state index is 12.1. The molecule has 0 spiro atoms. The lowest BCUT2D eigenvalue weighted by Gasteiger charge is -2.06. The van der Waals surface area contributed by atoms with Crippen LogP contribution in [0.3, 0.4) is 0 Å². The molecule has 1 aromatic heterocycles. The highest BCUT2D eigenvalue weighted by atomic mass is 35.5. The van der Waals surface area contributed by atoms with Gasteiger partial charge < -0.3 is 15.7 Å². The molecule has 0 saturated heterocycles. The second kappa shape index (κ2) is 8.09. The zero-order valence-corrected chi connectivity index (χ0v) is 15.1. The van der Waals surface area contributed by atoms with Gasteiger partial charge in [0.1, 0.15) is 0 Å². The highest BCUT2D eigenvalue weighted by Gasteiger charge is 2.13. The number of hydrogen-bond donors (Lipinski definition) is 3. The largest absolute Gasteiger partial charge is 0.478 e. The van der Waals surface area contributed by atoms with Gasteiger partial charge in [0.15, 0.2) is 5.13 Å². The number of carbonyl (C=O) groups excluding carboxylic acids is 2. The van der Waals surface area contributed by atoms with Gasteiger partial charge in [-0.25, -0.2) is 9.78 Å². The fraction of sp³-hybridized carbons (Fsp3) is 0.250. The van der Waals surface area contributed by atoms with Crippen molar-refractivity contribution >= 4 is 51.5 Å². The smallest absolute Gasteiger partial charge is 0.337 e. The van der Waals surface area contributed by atoms with Crippen molar-refractivity contribution in [1.29, 1.82) is 0 Å². The number of halogens is 1. The standard InChI is InChI=1S/C16H16ClN3O4S/c1-8(2)14(22)20-16-19-10(7-25-16)6-13(21)18-9-3-4-11(15(23)24)12(17)5-9/h3-5,7-8H,6H2,1-2H3,(H,18,21)(H,23,24)(H,19,20,22). The van der Waals surface area contributed by atoms with Gasteiger partial charge in [-0.05, 0) is 18.2 Å². The molecular weight excluding hydrogens is 366 g/mol. The number of benzene rings is 1. The lowest BCUT2D eigenvalue weighted by Crippen LogP contribution is -2.18. The Hall–Kier alpha value is -2.45. The molecule has 25 heavy (non-hydrogen) atoms. The zero-order chi connectivity index (χ0) is 18.6. The molecule has 132 valence electrons. The van der Waals surface area contributed by atoms with Gasteiger partial charge in [-0.2, -0.15) is 0 Å². The summed E-state index contributed by atoms with van der Waals surface area (Å²) >= 11 is 7.10. The summed E-state index contributed by atoms with van der Waals surface area (Å²) in [6.45, 7) is 3.55. The molecule has 0 bridgehead atoms. The van der Waals surface area contributed by atoms with Crippen LogP contribution in [0.2, 0.25) is 5.02 Å². The van der Waals surface area contributed by atoms with Gasteiger partial charge in [0.2, 0.25) is 11.8 Å². The molecule has 7 nitrogen and oxygen atoms in total. The fourth-order valence-corrected chi connectivity index (χ4v) is 2.81. The van der Waals surface area contributed by atoms with Crippen LogP contribution in [0.25, 0.3) is 0 Å². The summed E-state index contributed by atoms with van der Waals surface area (Å²) in [5, 5.41) is 16.4. The van der Waals surface area contributed by atoms with Crippen molar-refractivity contribution in [1.82, 2.24) is 4.98 Å². The number of aromatic nitrogens is 1. The van der Waals surface area contributed by atoms with Gasteiger partial charge in [0.25, 0.3) is 0 Å². The molecule has 3 N–H and O–H groups in total. The van der Waals surface area contributed by atoms with Gasteiger partial charge in [-0.1, -0.05) is 25.4 Å². The summed E-state index contributed by atoms with van der Waals surface area (Å²) in [6, 6.07) is 4.16. The van der Waals surface area contributed by atoms with E-state index in [9.17, 15) is 14.4 Å². The SMILES string of the molecule is CC(C)C(=O)Nc1nc(CC(=O)Nc2ccc(C(=O)O)c(Cl)c2)cs1. The molecule has 0 atom stereocenters. The Bertz CT molecular complexity index is 819. The monoisotopic (exact) mass is 381 g/mol. The molecule has 0 aliphatic heterocycles. The number of hydrogen-bond acceptors (Lipinski definition) is 5. The molecule has 0 radical (unpaired) electrons. The maximum Gasteiger partial charge on any atom is 0.337 e. The van der Waals surface area contributed by atoms with E-state index in [4.69, 9.17) is 16.7 Å². The second-order valence-electron chi connectivity index (χ2n) is 5.51. The Labute approximate surface area is 153 Å². The predicted molar refractivity (Wildman–Crippen MR) is 96.3 cm³/mol. The molecule has 0 aliphatic rings. The van der Waals surface area contributed by atoms with Crippen molar-refractivity contribution < 1.29 is 19.5 Å². The van der Waals surface area contributed by atoms with Crippen LogP contribution in [0.4, 0.5) is 10.8 Å². The number of carboxylic acids is 1. The van der Waals surface area contributed by atoms with E-state index in [1.54, 1.807) is 19.2 Å². The number of carboxylic acid groups (broad SMARTS) is 1. The average molecular weight is 382 g/mol. The fourth-order valence-electron chi connectivity index (χ4n) is 1.83. The van der Waals surface area contributed by atoms with Crippen LogP contribution in [-0.4, -0.2) is 27.9 Å². The van der Waals surface area contributed by atoms with E-state index in [1.165, 1.54) is 29.5 Å². The zero-order valence-electron chi connectivity index (χ0n) is 13.5. The predicted octanol–water partition coefficient (Wildman–Crippen LogP) is 3.27. The number of rotatable bonds is 6. The van der Waals surface area contributed by atoms with Crippen LogP contribution < -0.4 is 10.6 Å². The third-order valence-corrected chi connectivity index (χ3v) is 4.25. The first-order chi connectivity index (χ1) is 11.8. The van der Waals surface area contributed by atoms with Crippen molar-refractivity contribution in [3.05, 3.63) is 39.9 Å². The van der Waals surface area contributed by atoms with E-state index >= 15 is 0 Å². The van der Waals surface area contributed by atoms with E-state index in [2.05, 4.69) is 15.6 Å². The molecule has 2 rings (SSSR count). The van der Waals surface area contributed by atoms with Crippen molar-refractivity contribution in [3.8, 4) is 0 Å². The van der Waals surface area contributed by atoms with Gasteiger partial charge in [-0.15, -0.1) is 11.3 Å². The van der Waals surface area contributed by atoms with Crippen LogP contribution in [0.1, 0.15) is 29.9 Å². The lowest BCUT2D eigenvalue weighted by molar-refractivity contribution is -0.119. The Morgan fingerprint density at radius 2 is 2.00 bits per heavy atom. The number of anilines is 2. The van der Waals surface area contributed by atoms with Gasteiger partial charge >= 0.3 is 5.97 Å². The number of nitrogens with one attached hydrogen (secondary N) is 2. The van der Waals surface area contributed by atoms with Gasteiger partial charge in [0.05, 0.1) is 22.7 Å². The van der Waals surface area contributed by atoms with E-state index < -0.39 is 5.97 Å². The minimum Gasteiger partial charge on any atom is -0.478 e. The van der Waals surface area contributed by atoms with E-state index in [0.29, 0.717) is 16.5 Å². The van der Waals surface area contributed by atoms with Crippen LogP contribution in [-0.2, 0) is 16.0 Å². The van der Waals surface area contributed by atoms with Crippen LogP contribution in [0, 0.1) is 5.92 Å². The summed E-state index contributed by atoms with van der Waals surface area (Å²) in [5.74, 6) is -1.76. The van der Waals surface area contributed by atoms with Crippen molar-refractivity contribution in [2.24, 2.45) is 5.92 Å². The Balaban J connectivity index is 1.97. The highest BCUT2D eigenvalue weighted by molar-refractivity contribution is 7.13. The quantitative estimate of drug-likeness (QED) is 0.711. The molecule has 0 saturated carbocycles. The molecule has 0 fully saturated rings. The summed E-state index contributed by atoms with van der Waals surface area (Å²) in [5.41, 5.74) is 0.878. The van der Waals surface area contributed by atoms with Crippen molar-refractivity contribution in [2.75, 3.05) is 10.6 Å². The lowest BCUT2D eigenvalue weighted by atomic mass is 10.2. The molecule has 0 aliphatic carbocycles. The number of carbonyl (C=O) groups is 3. The highest BCUT2D eigenvalue weighted by Crippen LogP contribution is 2.22. The molecule has 2 aromatic rings. The average Bonchev–Trinajstić information content (AvgIpc) is 2.93. The molecule has 1 aromatic carbocycles. The van der Waals surface area contributed by atoms with Crippen LogP contribution in [0.15, 0.2) is 23.6 Å². The minimum absolute atomic E-state index is 0.0202. The first-order valence-corrected chi connectivity index (χ1v) is 8.60. The Morgan fingerprint density at radius 1 is 1.28 bits per heavy atom. The summed E-state index contributed by atoms with van der Waals surface area (Å²) in [7, 11) is 0. The van der Waals surface area contributed by atoms with Crippen LogP contribution in [0.5, 0.6) is 0 Å². The molecule has 0 unspecified atom stereocenters. The number of amides is 2. The minimum atomic E-state index is -1.14. The topological polar surface area (TPSA) is 108 Å². The molecular formula is C16H16ClN3O4S. The van der Waals surface area contributed by atoms with Crippen molar-refractivity contribution in [3.63, 3.8) is 0 Å². The Kier molecular flexibility index (Phi) is 6.11. The Morgan fingerprint density at radius 3 is 2.60 bits per heavy atom. The van der Waals surface area contributed by atoms with Gasteiger partial charge in [0, 0.05) is 17.0 Å². The number of aromatic carboxylic acids is 1. The second-order valence-corrected chi connectivity index (χ2v) is 6.78. The maximum atomic E-state index is 12.1. The molecule has 1 heterocycles. The number of thiazole rings is 1. The van der Waals surface area contributed by atoms with E-state index in [-0.39, 0.29) is 34.7 Å². The van der Waals surface area contributed by atoms with Gasteiger partial charge in [-0.3, -0.25) is 9.59 Å². The normalized spacial score (nSPS) is 10.6. The van der Waals surface area contributed by atoms with E-state index in [1.807, 2.05) is 0 Å².